The minimum atomic E-state index is -0.537. The molecule has 0 saturated carbocycles. The van der Waals surface area contributed by atoms with Gasteiger partial charge in [0.05, 0.1) is 17.6 Å². The van der Waals surface area contributed by atoms with Crippen molar-refractivity contribution in [1.29, 1.82) is 0 Å². The van der Waals surface area contributed by atoms with Crippen molar-refractivity contribution in [2.45, 2.75) is 18.9 Å². The first-order valence-electron chi connectivity index (χ1n) is 6.97. The Labute approximate surface area is 131 Å². The van der Waals surface area contributed by atoms with Crippen LogP contribution in [0.4, 0.5) is 4.39 Å². The third-order valence-electron chi connectivity index (χ3n) is 3.72. The zero-order chi connectivity index (χ0) is 15.7. The van der Waals surface area contributed by atoms with Gasteiger partial charge in [-0.05, 0) is 42.8 Å². The summed E-state index contributed by atoms with van der Waals surface area (Å²) in [4.78, 5) is 18.3. The molecule has 116 valence electrons. The molecule has 1 saturated heterocycles. The molecule has 2 aliphatic heterocycles. The second-order valence-electron chi connectivity index (χ2n) is 5.19. The fourth-order valence-corrected chi connectivity index (χ4v) is 3.58. The first-order valence-corrected chi connectivity index (χ1v) is 7.78. The average molecular weight is 322 g/mol. The number of thioether (sulfide) groups is 1. The van der Waals surface area contributed by atoms with Crippen molar-refractivity contribution in [3.8, 4) is 5.75 Å². The molecule has 0 aliphatic carbocycles. The van der Waals surface area contributed by atoms with Crippen LogP contribution in [0.2, 0.25) is 0 Å². The molecule has 2 heterocycles. The molecule has 0 aromatic heterocycles. The van der Waals surface area contributed by atoms with E-state index in [2.05, 4.69) is 4.99 Å². The number of likely N-dealkylation sites (tertiary alicyclic amines) is 1. The van der Waals surface area contributed by atoms with Gasteiger partial charge in [0.15, 0.2) is 5.17 Å². The number of halogens is 1. The number of phenolic OH excluding ortho intramolecular Hbond substituents is 1. The van der Waals surface area contributed by atoms with Gasteiger partial charge < -0.3 is 15.1 Å². The second kappa shape index (κ2) is 6.10. The van der Waals surface area contributed by atoms with Gasteiger partial charge in [0.25, 0.3) is 5.91 Å². The van der Waals surface area contributed by atoms with Crippen LogP contribution in [0, 0.1) is 5.82 Å². The molecular weight excluding hydrogens is 307 g/mol. The van der Waals surface area contributed by atoms with E-state index in [1.54, 1.807) is 0 Å². The molecule has 1 aromatic rings. The molecule has 0 spiro atoms. The zero-order valence-electron chi connectivity index (χ0n) is 11.7. The maximum Gasteiger partial charge on any atom is 0.286 e. The standard InChI is InChI=1S/C15H15FN2O3S/c16-10-4-3-9(12(20)7-10)6-13-14(21)17-15(22-13)18-5-1-2-11(18)8-19/h3-4,6-7,11,19-20H,1-2,5,8H2/b13-6-/t11-/m0/s1. The van der Waals surface area contributed by atoms with Crippen LogP contribution in [-0.2, 0) is 4.79 Å². The van der Waals surface area contributed by atoms with Crippen molar-refractivity contribution in [2.24, 2.45) is 4.99 Å². The SMILES string of the molecule is O=C1N=C(N2CCC[C@H]2CO)S/C1=C\c1ccc(F)cc1O. The molecule has 0 unspecified atom stereocenters. The number of aliphatic hydroxyl groups excluding tert-OH is 1. The Hall–Kier alpha value is -1.86. The lowest BCUT2D eigenvalue weighted by Gasteiger charge is -2.23. The summed E-state index contributed by atoms with van der Waals surface area (Å²) in [6.07, 6.45) is 3.33. The lowest BCUT2D eigenvalue weighted by Crippen LogP contribution is -2.35. The third-order valence-corrected chi connectivity index (χ3v) is 4.74. The van der Waals surface area contributed by atoms with Crippen LogP contribution < -0.4 is 0 Å². The maximum atomic E-state index is 13.0. The molecule has 2 N–H and O–H groups in total. The van der Waals surface area contributed by atoms with E-state index in [0.717, 1.165) is 25.5 Å². The summed E-state index contributed by atoms with van der Waals surface area (Å²) >= 11 is 1.21. The molecule has 2 aliphatic rings. The summed E-state index contributed by atoms with van der Waals surface area (Å²) in [5, 5.41) is 19.6. The Morgan fingerprint density at radius 3 is 3.05 bits per heavy atom. The largest absolute Gasteiger partial charge is 0.507 e. The predicted octanol–water partition coefficient (Wildman–Crippen LogP) is 1.96. The molecule has 1 amide bonds. The van der Waals surface area contributed by atoms with E-state index in [1.807, 2.05) is 4.90 Å². The quantitative estimate of drug-likeness (QED) is 0.814. The Bertz CT molecular complexity index is 675. The number of amidine groups is 1. The topological polar surface area (TPSA) is 73.1 Å². The lowest BCUT2D eigenvalue weighted by atomic mass is 10.2. The van der Waals surface area contributed by atoms with Crippen molar-refractivity contribution < 1.29 is 19.4 Å². The summed E-state index contributed by atoms with van der Waals surface area (Å²) in [6.45, 7) is 0.797. The minimum absolute atomic E-state index is 0.00220. The molecule has 3 rings (SSSR count). The minimum Gasteiger partial charge on any atom is -0.507 e. The van der Waals surface area contributed by atoms with Crippen molar-refractivity contribution >= 4 is 28.9 Å². The number of aromatic hydroxyl groups is 1. The van der Waals surface area contributed by atoms with Crippen molar-refractivity contribution in [2.75, 3.05) is 13.2 Å². The van der Waals surface area contributed by atoms with Crippen LogP contribution in [0.5, 0.6) is 5.75 Å². The summed E-state index contributed by atoms with van der Waals surface area (Å²) < 4.78 is 13.0. The molecule has 5 nitrogen and oxygen atoms in total. The Balaban J connectivity index is 1.81. The Morgan fingerprint density at radius 2 is 2.32 bits per heavy atom. The lowest BCUT2D eigenvalue weighted by molar-refractivity contribution is -0.113. The number of benzene rings is 1. The fourth-order valence-electron chi connectivity index (χ4n) is 2.58. The van der Waals surface area contributed by atoms with E-state index in [0.29, 0.717) is 15.6 Å². The summed E-state index contributed by atoms with van der Waals surface area (Å²) in [6, 6.07) is 3.63. The summed E-state index contributed by atoms with van der Waals surface area (Å²) in [5.74, 6) is -1.14. The molecule has 22 heavy (non-hydrogen) atoms. The number of aliphatic imine (C=N–C) groups is 1. The van der Waals surface area contributed by atoms with Gasteiger partial charge in [0.1, 0.15) is 11.6 Å². The second-order valence-corrected chi connectivity index (χ2v) is 6.19. The fraction of sp³-hybridized carbons (Fsp3) is 0.333. The molecule has 1 aromatic carbocycles. The van der Waals surface area contributed by atoms with Gasteiger partial charge in [0, 0.05) is 18.2 Å². The van der Waals surface area contributed by atoms with Gasteiger partial charge in [-0.25, -0.2) is 4.39 Å². The van der Waals surface area contributed by atoms with Gasteiger partial charge in [-0.15, -0.1) is 0 Å². The number of carbonyl (C=O) groups is 1. The smallest absolute Gasteiger partial charge is 0.286 e. The van der Waals surface area contributed by atoms with Crippen molar-refractivity contribution in [3.05, 3.63) is 34.5 Å². The number of rotatable bonds is 2. The number of hydrogen-bond acceptors (Lipinski definition) is 5. The predicted molar refractivity (Wildman–Crippen MR) is 82.9 cm³/mol. The van der Waals surface area contributed by atoms with Crippen LogP contribution in [-0.4, -0.2) is 45.4 Å². The highest BCUT2D eigenvalue weighted by atomic mass is 32.2. The number of nitrogens with zero attached hydrogens (tertiary/aromatic N) is 2. The average Bonchev–Trinajstić information content (AvgIpc) is 3.08. The summed E-state index contributed by atoms with van der Waals surface area (Å²) in [5.41, 5.74) is 0.369. The van der Waals surface area contributed by atoms with E-state index in [1.165, 1.54) is 30.0 Å². The molecule has 0 radical (unpaired) electrons. The number of hydrogen-bond donors (Lipinski definition) is 2. The van der Waals surface area contributed by atoms with Crippen molar-refractivity contribution in [3.63, 3.8) is 0 Å². The highest BCUT2D eigenvalue weighted by molar-refractivity contribution is 8.18. The molecule has 0 bridgehead atoms. The van der Waals surface area contributed by atoms with Crippen LogP contribution in [0.1, 0.15) is 18.4 Å². The van der Waals surface area contributed by atoms with E-state index in [-0.39, 0.29) is 24.3 Å². The Kier molecular flexibility index (Phi) is 4.17. The first-order chi connectivity index (χ1) is 10.6. The molecule has 7 heteroatoms. The van der Waals surface area contributed by atoms with Crippen LogP contribution in [0.25, 0.3) is 6.08 Å². The number of phenols is 1. The van der Waals surface area contributed by atoms with Crippen molar-refractivity contribution in [1.82, 2.24) is 4.90 Å². The number of aliphatic hydroxyl groups is 1. The van der Waals surface area contributed by atoms with Gasteiger partial charge in [-0.1, -0.05) is 0 Å². The molecule has 1 fully saturated rings. The molecule has 1 atom stereocenters. The van der Waals surface area contributed by atoms with Crippen LogP contribution in [0.15, 0.2) is 28.1 Å². The van der Waals surface area contributed by atoms with Crippen LogP contribution >= 0.6 is 11.8 Å². The number of amides is 1. The van der Waals surface area contributed by atoms with Crippen LogP contribution in [0.3, 0.4) is 0 Å². The van der Waals surface area contributed by atoms with Gasteiger partial charge in [0.2, 0.25) is 0 Å². The van der Waals surface area contributed by atoms with E-state index >= 15 is 0 Å². The van der Waals surface area contributed by atoms with Gasteiger partial charge >= 0.3 is 0 Å². The van der Waals surface area contributed by atoms with Gasteiger partial charge in [-0.2, -0.15) is 4.99 Å². The van der Waals surface area contributed by atoms with E-state index < -0.39 is 5.82 Å². The van der Waals surface area contributed by atoms with E-state index in [9.17, 15) is 19.4 Å². The highest BCUT2D eigenvalue weighted by Crippen LogP contribution is 2.34. The summed E-state index contributed by atoms with van der Waals surface area (Å²) in [7, 11) is 0. The maximum absolute atomic E-state index is 13.0. The normalized spacial score (nSPS) is 23.5. The monoisotopic (exact) mass is 322 g/mol. The van der Waals surface area contributed by atoms with E-state index in [4.69, 9.17) is 0 Å². The zero-order valence-corrected chi connectivity index (χ0v) is 12.5. The Morgan fingerprint density at radius 1 is 1.50 bits per heavy atom. The highest BCUT2D eigenvalue weighted by Gasteiger charge is 2.32. The first kappa shape index (κ1) is 15.1. The number of carbonyl (C=O) groups excluding carboxylic acids is 1. The third kappa shape index (κ3) is 2.86. The van der Waals surface area contributed by atoms with Gasteiger partial charge in [-0.3, -0.25) is 4.79 Å². The molecular formula is C15H15FN2O3S.